The van der Waals surface area contributed by atoms with Gasteiger partial charge in [-0.3, -0.25) is 14.5 Å². The molecule has 2 aromatic rings. The van der Waals surface area contributed by atoms with Crippen LogP contribution in [0.3, 0.4) is 0 Å². The number of likely N-dealkylation sites (tertiary alicyclic amines) is 1. The number of anilines is 1. The van der Waals surface area contributed by atoms with E-state index in [4.69, 9.17) is 5.26 Å². The minimum Gasteiger partial charge on any atom is -0.354 e. The van der Waals surface area contributed by atoms with E-state index in [1.807, 2.05) is 23.7 Å². The van der Waals surface area contributed by atoms with Gasteiger partial charge in [-0.05, 0) is 43.0 Å². The molecule has 0 spiro atoms. The van der Waals surface area contributed by atoms with Crippen molar-refractivity contribution in [3.8, 4) is 6.07 Å². The third-order valence-electron chi connectivity index (χ3n) is 4.96. The first kappa shape index (κ1) is 19.1. The Hall–Kier alpha value is -2.63. The summed E-state index contributed by atoms with van der Waals surface area (Å²) in [7, 11) is 3.50. The molecule has 142 valence electrons. The van der Waals surface area contributed by atoms with Crippen molar-refractivity contribution < 1.29 is 9.59 Å². The zero-order valence-corrected chi connectivity index (χ0v) is 16.3. The van der Waals surface area contributed by atoms with Crippen molar-refractivity contribution in [2.75, 3.05) is 25.5 Å². The van der Waals surface area contributed by atoms with Gasteiger partial charge in [-0.2, -0.15) is 5.26 Å². The monoisotopic (exact) mass is 385 g/mol. The molecule has 0 aromatic carbocycles. The fraction of sp³-hybridized carbons (Fsp3) is 0.421. The zero-order chi connectivity index (χ0) is 19.4. The number of thiophene rings is 1. The van der Waals surface area contributed by atoms with Gasteiger partial charge in [0, 0.05) is 19.8 Å². The zero-order valence-electron chi connectivity index (χ0n) is 15.5. The number of amides is 2. The summed E-state index contributed by atoms with van der Waals surface area (Å²) >= 11 is 1.35. The Balaban J connectivity index is 1.74. The number of hydrogen-bond donors (Lipinski definition) is 2. The van der Waals surface area contributed by atoms with Crippen molar-refractivity contribution in [1.82, 2.24) is 14.8 Å². The van der Waals surface area contributed by atoms with Gasteiger partial charge in [0.25, 0.3) is 5.91 Å². The van der Waals surface area contributed by atoms with E-state index in [-0.39, 0.29) is 24.4 Å². The van der Waals surface area contributed by atoms with Crippen molar-refractivity contribution >= 4 is 28.2 Å². The van der Waals surface area contributed by atoms with Crippen LogP contribution in [0.15, 0.2) is 23.6 Å². The Morgan fingerprint density at radius 3 is 2.89 bits per heavy atom. The molecule has 0 saturated carbocycles. The second-order valence-electron chi connectivity index (χ2n) is 6.59. The van der Waals surface area contributed by atoms with Crippen LogP contribution < -0.4 is 10.6 Å². The molecular weight excluding hydrogens is 362 g/mol. The molecule has 2 N–H and O–H groups in total. The van der Waals surface area contributed by atoms with Crippen molar-refractivity contribution in [1.29, 1.82) is 5.26 Å². The smallest absolute Gasteiger partial charge is 0.267 e. The van der Waals surface area contributed by atoms with Crippen molar-refractivity contribution in [3.63, 3.8) is 0 Å². The fourth-order valence-corrected chi connectivity index (χ4v) is 4.33. The Labute approximate surface area is 162 Å². The molecular formula is C19H23N5O2S. The van der Waals surface area contributed by atoms with Gasteiger partial charge >= 0.3 is 0 Å². The second-order valence-corrected chi connectivity index (χ2v) is 7.50. The largest absolute Gasteiger partial charge is 0.354 e. The Kier molecular flexibility index (Phi) is 5.94. The Morgan fingerprint density at radius 2 is 2.15 bits per heavy atom. The molecule has 1 atom stereocenters. The Morgan fingerprint density at radius 1 is 1.33 bits per heavy atom. The molecule has 3 heterocycles. The lowest BCUT2D eigenvalue weighted by Crippen LogP contribution is -2.40. The molecule has 7 nitrogen and oxygen atoms in total. The van der Waals surface area contributed by atoms with Gasteiger partial charge in [0.1, 0.15) is 16.8 Å². The van der Waals surface area contributed by atoms with Gasteiger partial charge in [-0.1, -0.05) is 6.42 Å². The van der Waals surface area contributed by atoms with Crippen LogP contribution in [0.2, 0.25) is 0 Å². The van der Waals surface area contributed by atoms with Crippen LogP contribution in [0.1, 0.15) is 47.1 Å². The van der Waals surface area contributed by atoms with E-state index in [1.54, 1.807) is 18.5 Å². The normalized spacial score (nSPS) is 17.3. The third kappa shape index (κ3) is 4.04. The standard InChI is InChI=1S/C19H23N5O2S/c1-21-18(26)16-7-6-14(23(16)2)15-5-3-4-9-24(15)12-17(25)22-19-13(11-20)8-10-27-19/h6-8,10,15H,3-5,9,12H2,1-2H3,(H,21,26)(H,22,25). The quantitative estimate of drug-likeness (QED) is 0.827. The summed E-state index contributed by atoms with van der Waals surface area (Å²) in [6.07, 6.45) is 3.08. The van der Waals surface area contributed by atoms with Gasteiger partial charge < -0.3 is 15.2 Å². The van der Waals surface area contributed by atoms with Gasteiger partial charge in [0.15, 0.2) is 0 Å². The number of rotatable bonds is 5. The predicted octanol–water partition coefficient (Wildman–Crippen LogP) is 2.48. The molecule has 0 radical (unpaired) electrons. The number of carbonyl (C=O) groups is 2. The molecule has 1 aliphatic rings. The minimum atomic E-state index is -0.124. The van der Waals surface area contributed by atoms with E-state index in [2.05, 4.69) is 21.6 Å². The lowest BCUT2D eigenvalue weighted by atomic mass is 9.99. The third-order valence-corrected chi connectivity index (χ3v) is 5.79. The number of piperidine rings is 1. The van der Waals surface area contributed by atoms with Crippen LogP contribution in [0.5, 0.6) is 0 Å². The van der Waals surface area contributed by atoms with E-state index in [0.29, 0.717) is 16.3 Å². The first-order chi connectivity index (χ1) is 13.0. The lowest BCUT2D eigenvalue weighted by Gasteiger charge is -2.35. The number of nitrogens with zero attached hydrogens (tertiary/aromatic N) is 3. The van der Waals surface area contributed by atoms with Crippen molar-refractivity contribution in [3.05, 3.63) is 40.5 Å². The number of hydrogen-bond acceptors (Lipinski definition) is 5. The second kappa shape index (κ2) is 8.37. The first-order valence-electron chi connectivity index (χ1n) is 8.94. The predicted molar refractivity (Wildman–Crippen MR) is 105 cm³/mol. The Bertz CT molecular complexity index is 879. The molecule has 27 heavy (non-hydrogen) atoms. The van der Waals surface area contributed by atoms with Gasteiger partial charge in [0.2, 0.25) is 5.91 Å². The summed E-state index contributed by atoms with van der Waals surface area (Å²) in [4.78, 5) is 26.7. The summed E-state index contributed by atoms with van der Waals surface area (Å²) < 4.78 is 1.91. The van der Waals surface area contributed by atoms with E-state index < -0.39 is 0 Å². The van der Waals surface area contributed by atoms with Crippen LogP contribution in [0.4, 0.5) is 5.00 Å². The van der Waals surface area contributed by atoms with Crippen LogP contribution in [-0.2, 0) is 11.8 Å². The maximum Gasteiger partial charge on any atom is 0.267 e. The average Bonchev–Trinajstić information content (AvgIpc) is 3.27. The van der Waals surface area contributed by atoms with E-state index in [1.165, 1.54) is 11.3 Å². The summed E-state index contributed by atoms with van der Waals surface area (Å²) in [5.41, 5.74) is 2.14. The maximum atomic E-state index is 12.5. The molecule has 8 heteroatoms. The minimum absolute atomic E-state index is 0.0895. The summed E-state index contributed by atoms with van der Waals surface area (Å²) in [5, 5.41) is 17.0. The molecule has 1 aliphatic heterocycles. The summed E-state index contributed by atoms with van der Waals surface area (Å²) in [5.74, 6) is -0.243. The molecule has 0 bridgehead atoms. The maximum absolute atomic E-state index is 12.5. The van der Waals surface area contributed by atoms with E-state index in [9.17, 15) is 9.59 Å². The van der Waals surface area contributed by atoms with Gasteiger partial charge in [-0.15, -0.1) is 11.3 Å². The topological polar surface area (TPSA) is 90.2 Å². The highest BCUT2D eigenvalue weighted by Gasteiger charge is 2.28. The van der Waals surface area contributed by atoms with Crippen LogP contribution in [0.25, 0.3) is 0 Å². The number of nitrogens with one attached hydrogen (secondary N) is 2. The van der Waals surface area contributed by atoms with Crippen molar-refractivity contribution in [2.24, 2.45) is 7.05 Å². The number of nitriles is 1. The highest BCUT2D eigenvalue weighted by Crippen LogP contribution is 2.32. The van der Waals surface area contributed by atoms with Crippen LogP contribution >= 0.6 is 11.3 Å². The molecule has 1 unspecified atom stereocenters. The van der Waals surface area contributed by atoms with Gasteiger partial charge in [0.05, 0.1) is 18.2 Å². The average molecular weight is 385 g/mol. The SMILES string of the molecule is CNC(=O)c1ccc(C2CCCCN2CC(=O)Nc2sccc2C#N)n1C. The molecule has 2 amide bonds. The summed E-state index contributed by atoms with van der Waals surface area (Å²) in [6.45, 7) is 1.09. The van der Waals surface area contributed by atoms with Crippen LogP contribution in [0, 0.1) is 11.3 Å². The highest BCUT2D eigenvalue weighted by atomic mass is 32.1. The fourth-order valence-electron chi connectivity index (χ4n) is 3.58. The van der Waals surface area contributed by atoms with E-state index >= 15 is 0 Å². The van der Waals surface area contributed by atoms with Crippen LogP contribution in [-0.4, -0.2) is 41.4 Å². The van der Waals surface area contributed by atoms with E-state index in [0.717, 1.165) is 31.5 Å². The molecule has 3 rings (SSSR count). The first-order valence-corrected chi connectivity index (χ1v) is 9.82. The number of carbonyl (C=O) groups excluding carboxylic acids is 2. The number of aromatic nitrogens is 1. The molecule has 0 aliphatic carbocycles. The van der Waals surface area contributed by atoms with Gasteiger partial charge in [-0.25, -0.2) is 0 Å². The molecule has 2 aromatic heterocycles. The molecule has 1 fully saturated rings. The van der Waals surface area contributed by atoms with Crippen molar-refractivity contribution in [2.45, 2.75) is 25.3 Å². The summed E-state index contributed by atoms with van der Waals surface area (Å²) in [6, 6.07) is 7.67. The molecule has 1 saturated heterocycles. The highest BCUT2D eigenvalue weighted by molar-refractivity contribution is 7.14. The lowest BCUT2D eigenvalue weighted by molar-refractivity contribution is -0.118.